The van der Waals surface area contributed by atoms with Crippen LogP contribution in [0.5, 0.6) is 0 Å². The van der Waals surface area contributed by atoms with Crippen LogP contribution in [0.3, 0.4) is 0 Å². The number of hydrogen-bond donors (Lipinski definition) is 1. The second-order valence-electron chi connectivity index (χ2n) is 6.25. The van der Waals surface area contributed by atoms with Crippen LogP contribution < -0.4 is 0 Å². The lowest BCUT2D eigenvalue weighted by Crippen LogP contribution is -2.48. The molecule has 0 unspecified atom stereocenters. The number of aromatic nitrogens is 3. The molecule has 6 heteroatoms. The van der Waals surface area contributed by atoms with Gasteiger partial charge in [-0.1, -0.05) is 19.9 Å². The van der Waals surface area contributed by atoms with E-state index in [-0.39, 0.29) is 5.91 Å². The maximum absolute atomic E-state index is 12.5. The molecule has 0 bridgehead atoms. The zero-order valence-corrected chi connectivity index (χ0v) is 13.7. The molecule has 1 N–H and O–H groups in total. The molecule has 0 atom stereocenters. The summed E-state index contributed by atoms with van der Waals surface area (Å²) in [6.07, 6.45) is 1.82. The normalized spacial score (nSPS) is 16.0. The Morgan fingerprint density at radius 3 is 2.65 bits per heavy atom. The topological polar surface area (TPSA) is 65.1 Å². The van der Waals surface area contributed by atoms with Crippen LogP contribution in [-0.4, -0.2) is 57.1 Å². The Labute approximate surface area is 136 Å². The third-order valence-electron chi connectivity index (χ3n) is 4.21. The fraction of sp³-hybridized carbons (Fsp3) is 0.471. The van der Waals surface area contributed by atoms with Crippen molar-refractivity contribution in [2.45, 2.75) is 26.3 Å². The smallest absolute Gasteiger partial charge is 0.274 e. The van der Waals surface area contributed by atoms with Crippen molar-refractivity contribution in [3.8, 4) is 0 Å². The number of carbonyl (C=O) groups excluding carboxylic acids is 1. The Bertz CT molecular complexity index is 644. The van der Waals surface area contributed by atoms with Crippen molar-refractivity contribution in [3.63, 3.8) is 0 Å². The second-order valence-corrected chi connectivity index (χ2v) is 6.25. The molecule has 0 aromatic carbocycles. The average Bonchev–Trinajstić information content (AvgIpc) is 3.06. The fourth-order valence-corrected chi connectivity index (χ4v) is 2.73. The molecule has 0 saturated carbocycles. The zero-order chi connectivity index (χ0) is 16.2. The number of carbonyl (C=O) groups is 1. The van der Waals surface area contributed by atoms with Gasteiger partial charge in [0.05, 0.1) is 5.69 Å². The van der Waals surface area contributed by atoms with Gasteiger partial charge in [0.15, 0.2) is 0 Å². The van der Waals surface area contributed by atoms with Gasteiger partial charge in [0.2, 0.25) is 0 Å². The molecule has 1 aliphatic heterocycles. The number of aromatic amines is 1. The Hall–Kier alpha value is -2.21. The van der Waals surface area contributed by atoms with Gasteiger partial charge < -0.3 is 4.90 Å². The van der Waals surface area contributed by atoms with Gasteiger partial charge in [-0.15, -0.1) is 0 Å². The molecule has 0 radical (unpaired) electrons. The average molecular weight is 313 g/mol. The molecule has 2 aromatic rings. The first-order valence-electron chi connectivity index (χ1n) is 8.10. The van der Waals surface area contributed by atoms with Gasteiger partial charge in [-0.3, -0.25) is 19.8 Å². The Kier molecular flexibility index (Phi) is 4.71. The molecule has 3 heterocycles. The number of nitrogens with zero attached hydrogens (tertiary/aromatic N) is 4. The van der Waals surface area contributed by atoms with E-state index in [1.54, 1.807) is 0 Å². The molecule has 0 spiro atoms. The van der Waals surface area contributed by atoms with Crippen molar-refractivity contribution < 1.29 is 4.79 Å². The number of nitrogens with one attached hydrogen (secondary N) is 1. The Balaban J connectivity index is 1.54. The maximum atomic E-state index is 12.5. The van der Waals surface area contributed by atoms with Crippen LogP contribution in [-0.2, 0) is 6.54 Å². The number of amides is 1. The summed E-state index contributed by atoms with van der Waals surface area (Å²) in [4.78, 5) is 21.1. The fourth-order valence-electron chi connectivity index (χ4n) is 2.73. The van der Waals surface area contributed by atoms with Crippen LogP contribution in [0.4, 0.5) is 0 Å². The van der Waals surface area contributed by atoms with Crippen molar-refractivity contribution in [2.24, 2.45) is 0 Å². The molecule has 122 valence electrons. The van der Waals surface area contributed by atoms with Crippen LogP contribution >= 0.6 is 0 Å². The number of hydrogen-bond acceptors (Lipinski definition) is 4. The van der Waals surface area contributed by atoms with E-state index in [4.69, 9.17) is 0 Å². The van der Waals surface area contributed by atoms with Crippen LogP contribution in [0.15, 0.2) is 30.5 Å². The molecular formula is C17H23N5O. The summed E-state index contributed by atoms with van der Waals surface area (Å²) in [5.41, 5.74) is 2.59. The Morgan fingerprint density at radius 1 is 1.26 bits per heavy atom. The van der Waals surface area contributed by atoms with Gasteiger partial charge in [0.25, 0.3) is 5.91 Å². The van der Waals surface area contributed by atoms with Gasteiger partial charge in [0, 0.05) is 44.6 Å². The van der Waals surface area contributed by atoms with E-state index in [9.17, 15) is 4.79 Å². The van der Waals surface area contributed by atoms with Crippen LogP contribution in [0, 0.1) is 0 Å². The van der Waals surface area contributed by atoms with Crippen molar-refractivity contribution in [2.75, 3.05) is 26.2 Å². The molecule has 0 aliphatic carbocycles. The van der Waals surface area contributed by atoms with Gasteiger partial charge in [-0.25, -0.2) is 0 Å². The second kappa shape index (κ2) is 6.91. The lowest BCUT2D eigenvalue weighted by molar-refractivity contribution is 0.0621. The zero-order valence-electron chi connectivity index (χ0n) is 13.7. The van der Waals surface area contributed by atoms with Crippen molar-refractivity contribution in [3.05, 3.63) is 47.5 Å². The lowest BCUT2D eigenvalue weighted by atomic mass is 10.1. The number of pyridine rings is 1. The minimum absolute atomic E-state index is 0.0191. The molecule has 1 fully saturated rings. The van der Waals surface area contributed by atoms with Crippen molar-refractivity contribution >= 4 is 5.91 Å². The van der Waals surface area contributed by atoms with Crippen molar-refractivity contribution in [1.29, 1.82) is 0 Å². The summed E-state index contributed by atoms with van der Waals surface area (Å²) in [5.74, 6) is 0.366. The SMILES string of the molecule is CC(C)c1cc(C(=O)N2CCN(Cc3ccccn3)CC2)n[nH]1. The molecule has 2 aromatic heterocycles. The Morgan fingerprint density at radius 2 is 2.04 bits per heavy atom. The maximum Gasteiger partial charge on any atom is 0.274 e. The predicted molar refractivity (Wildman–Crippen MR) is 88.1 cm³/mol. The standard InChI is InChI=1S/C17H23N5O/c1-13(2)15-11-16(20-19-15)17(23)22-9-7-21(8-10-22)12-14-5-3-4-6-18-14/h3-6,11,13H,7-10,12H2,1-2H3,(H,19,20). The molecular weight excluding hydrogens is 290 g/mol. The van der Waals surface area contributed by atoms with E-state index in [1.807, 2.05) is 35.4 Å². The van der Waals surface area contributed by atoms with Crippen LogP contribution in [0.1, 0.15) is 41.6 Å². The van der Waals surface area contributed by atoms with Crippen LogP contribution in [0.25, 0.3) is 0 Å². The number of rotatable bonds is 4. The summed E-state index contributed by atoms with van der Waals surface area (Å²) in [6, 6.07) is 7.84. The quantitative estimate of drug-likeness (QED) is 0.936. The summed E-state index contributed by atoms with van der Waals surface area (Å²) >= 11 is 0. The highest BCUT2D eigenvalue weighted by Crippen LogP contribution is 2.14. The van der Waals surface area contributed by atoms with Gasteiger partial charge in [-0.05, 0) is 24.1 Å². The molecule has 1 saturated heterocycles. The van der Waals surface area contributed by atoms with E-state index in [1.165, 1.54) is 0 Å². The van der Waals surface area contributed by atoms with Crippen molar-refractivity contribution in [1.82, 2.24) is 25.0 Å². The van der Waals surface area contributed by atoms with E-state index in [0.29, 0.717) is 11.6 Å². The van der Waals surface area contributed by atoms with E-state index >= 15 is 0 Å². The minimum atomic E-state index is 0.0191. The monoisotopic (exact) mass is 313 g/mol. The molecule has 1 amide bonds. The minimum Gasteiger partial charge on any atom is -0.335 e. The summed E-state index contributed by atoms with van der Waals surface area (Å²) in [5, 5.41) is 7.11. The van der Waals surface area contributed by atoms with E-state index < -0.39 is 0 Å². The number of piperazine rings is 1. The predicted octanol–water partition coefficient (Wildman–Crippen LogP) is 1.89. The molecule has 23 heavy (non-hydrogen) atoms. The van der Waals surface area contributed by atoms with Gasteiger partial charge in [0.1, 0.15) is 5.69 Å². The summed E-state index contributed by atoms with van der Waals surface area (Å²) in [7, 11) is 0. The van der Waals surface area contributed by atoms with E-state index in [2.05, 4.69) is 33.9 Å². The number of H-pyrrole nitrogens is 1. The third-order valence-corrected chi connectivity index (χ3v) is 4.21. The highest BCUT2D eigenvalue weighted by atomic mass is 16.2. The summed E-state index contributed by atoms with van der Waals surface area (Å²) in [6.45, 7) is 8.19. The first-order valence-corrected chi connectivity index (χ1v) is 8.10. The highest BCUT2D eigenvalue weighted by molar-refractivity contribution is 5.92. The molecule has 1 aliphatic rings. The summed E-state index contributed by atoms with van der Waals surface area (Å²) < 4.78 is 0. The lowest BCUT2D eigenvalue weighted by Gasteiger charge is -2.34. The molecule has 3 rings (SSSR count). The third kappa shape index (κ3) is 3.76. The highest BCUT2D eigenvalue weighted by Gasteiger charge is 2.24. The van der Waals surface area contributed by atoms with Gasteiger partial charge in [-0.2, -0.15) is 5.10 Å². The first kappa shape index (κ1) is 15.7. The van der Waals surface area contributed by atoms with Gasteiger partial charge >= 0.3 is 0 Å². The van der Waals surface area contributed by atoms with Crippen LogP contribution in [0.2, 0.25) is 0 Å². The first-order chi connectivity index (χ1) is 11.1. The van der Waals surface area contributed by atoms with E-state index in [0.717, 1.165) is 44.1 Å². The largest absolute Gasteiger partial charge is 0.335 e. The molecule has 6 nitrogen and oxygen atoms in total.